The van der Waals surface area contributed by atoms with Crippen molar-refractivity contribution >= 4 is 40.9 Å². The third kappa shape index (κ3) is 4.70. The van der Waals surface area contributed by atoms with Gasteiger partial charge in [-0.3, -0.25) is 14.5 Å². The monoisotopic (exact) mass is 464 g/mol. The van der Waals surface area contributed by atoms with Crippen LogP contribution < -0.4 is 5.32 Å². The van der Waals surface area contributed by atoms with Gasteiger partial charge in [0.05, 0.1) is 17.7 Å². The van der Waals surface area contributed by atoms with Crippen LogP contribution in [0.25, 0.3) is 0 Å². The number of amides is 2. The molecule has 33 heavy (non-hydrogen) atoms. The summed E-state index contributed by atoms with van der Waals surface area (Å²) >= 11 is 5.98. The van der Waals surface area contributed by atoms with Gasteiger partial charge in [-0.25, -0.2) is 14.8 Å². The predicted molar refractivity (Wildman–Crippen MR) is 123 cm³/mol. The number of fused-ring (bicyclic) bond motifs is 1. The SMILES string of the molecule is CCOC(=O)C(Cc1ccc(Nc2cc(Cl)nc(C)n2)cc1)N1C(=O)c2ccccc2C1=O. The quantitative estimate of drug-likeness (QED) is 0.321. The van der Waals surface area contributed by atoms with E-state index in [-0.39, 0.29) is 24.2 Å². The maximum Gasteiger partial charge on any atom is 0.329 e. The molecule has 2 amide bonds. The molecule has 0 radical (unpaired) electrons. The first-order chi connectivity index (χ1) is 15.9. The van der Waals surface area contributed by atoms with Gasteiger partial charge in [0.1, 0.15) is 22.8 Å². The van der Waals surface area contributed by atoms with Gasteiger partial charge in [0, 0.05) is 18.2 Å². The van der Waals surface area contributed by atoms with Crippen LogP contribution in [0.3, 0.4) is 0 Å². The number of nitrogens with zero attached hydrogens (tertiary/aromatic N) is 3. The summed E-state index contributed by atoms with van der Waals surface area (Å²) in [5, 5.41) is 3.48. The Labute approximate surface area is 195 Å². The number of imide groups is 1. The van der Waals surface area contributed by atoms with Crippen LogP contribution in [-0.4, -0.2) is 45.3 Å². The summed E-state index contributed by atoms with van der Waals surface area (Å²) in [6.07, 6.45) is 0.128. The van der Waals surface area contributed by atoms with Crippen molar-refractivity contribution < 1.29 is 19.1 Å². The fourth-order valence-electron chi connectivity index (χ4n) is 3.70. The second-order valence-electron chi connectivity index (χ2n) is 7.44. The number of hydrogen-bond acceptors (Lipinski definition) is 7. The summed E-state index contributed by atoms with van der Waals surface area (Å²) in [5.41, 5.74) is 2.08. The number of carbonyl (C=O) groups is 3. The summed E-state index contributed by atoms with van der Waals surface area (Å²) in [4.78, 5) is 47.9. The third-order valence-electron chi connectivity index (χ3n) is 5.16. The van der Waals surface area contributed by atoms with E-state index in [4.69, 9.17) is 16.3 Å². The number of rotatable bonds is 7. The van der Waals surface area contributed by atoms with Crippen LogP contribution in [-0.2, 0) is 16.0 Å². The first-order valence-electron chi connectivity index (χ1n) is 10.4. The van der Waals surface area contributed by atoms with E-state index in [0.717, 1.165) is 16.2 Å². The van der Waals surface area contributed by atoms with Crippen molar-refractivity contribution in [2.24, 2.45) is 0 Å². The average Bonchev–Trinajstić information content (AvgIpc) is 3.03. The Morgan fingerprint density at radius 1 is 1.06 bits per heavy atom. The molecule has 4 rings (SSSR count). The number of esters is 1. The van der Waals surface area contributed by atoms with Crippen molar-refractivity contribution in [3.05, 3.63) is 82.3 Å². The molecule has 1 atom stereocenters. The fraction of sp³-hybridized carbons (Fsp3) is 0.208. The molecule has 2 aromatic carbocycles. The highest BCUT2D eigenvalue weighted by Crippen LogP contribution is 2.27. The maximum atomic E-state index is 12.9. The van der Waals surface area contributed by atoms with E-state index < -0.39 is 23.8 Å². The molecule has 0 spiro atoms. The van der Waals surface area contributed by atoms with Crippen molar-refractivity contribution in [3.63, 3.8) is 0 Å². The lowest BCUT2D eigenvalue weighted by Crippen LogP contribution is -2.47. The smallest absolute Gasteiger partial charge is 0.329 e. The molecule has 168 valence electrons. The standard InChI is InChI=1S/C24H21ClN4O4/c1-3-33-24(32)19(29-22(30)17-6-4-5-7-18(17)23(29)31)12-15-8-10-16(11-9-15)28-21-13-20(25)26-14(2)27-21/h4-11,13,19H,3,12H2,1-2H3,(H,26,27,28). The number of aryl methyl sites for hydroxylation is 1. The van der Waals surface area contributed by atoms with Gasteiger partial charge in [0.2, 0.25) is 0 Å². The average molecular weight is 465 g/mol. The minimum absolute atomic E-state index is 0.128. The number of anilines is 2. The van der Waals surface area contributed by atoms with Crippen molar-refractivity contribution in [1.29, 1.82) is 0 Å². The maximum absolute atomic E-state index is 12.9. The first kappa shape index (κ1) is 22.4. The number of nitrogens with one attached hydrogen (secondary N) is 1. The molecular formula is C24H21ClN4O4. The minimum atomic E-state index is -1.07. The number of aromatic nitrogens is 2. The zero-order valence-corrected chi connectivity index (χ0v) is 18.8. The highest BCUT2D eigenvalue weighted by atomic mass is 35.5. The Balaban J connectivity index is 1.55. The number of hydrogen-bond donors (Lipinski definition) is 1. The summed E-state index contributed by atoms with van der Waals surface area (Å²) in [6.45, 7) is 3.57. The minimum Gasteiger partial charge on any atom is -0.464 e. The van der Waals surface area contributed by atoms with Crippen molar-refractivity contribution in [2.45, 2.75) is 26.3 Å². The largest absolute Gasteiger partial charge is 0.464 e. The van der Waals surface area contributed by atoms with Crippen molar-refractivity contribution in [3.8, 4) is 0 Å². The fourth-order valence-corrected chi connectivity index (χ4v) is 3.93. The highest BCUT2D eigenvalue weighted by molar-refractivity contribution is 6.29. The van der Waals surface area contributed by atoms with Gasteiger partial charge in [-0.2, -0.15) is 0 Å². The van der Waals surface area contributed by atoms with Gasteiger partial charge < -0.3 is 10.1 Å². The predicted octanol–water partition coefficient (Wildman–Crippen LogP) is 3.95. The van der Waals surface area contributed by atoms with Crippen LogP contribution in [0.15, 0.2) is 54.6 Å². The molecule has 0 aliphatic carbocycles. The van der Waals surface area contributed by atoms with E-state index >= 15 is 0 Å². The molecule has 1 aliphatic heterocycles. The summed E-state index contributed by atoms with van der Waals surface area (Å²) in [6, 6.07) is 14.3. The number of ether oxygens (including phenoxy) is 1. The topological polar surface area (TPSA) is 101 Å². The van der Waals surface area contributed by atoms with Gasteiger partial charge in [0.15, 0.2) is 0 Å². The van der Waals surface area contributed by atoms with E-state index in [2.05, 4.69) is 15.3 Å². The van der Waals surface area contributed by atoms with Crippen LogP contribution in [0.1, 0.15) is 39.0 Å². The van der Waals surface area contributed by atoms with Crippen LogP contribution in [0.5, 0.6) is 0 Å². The van der Waals surface area contributed by atoms with E-state index in [9.17, 15) is 14.4 Å². The van der Waals surface area contributed by atoms with E-state index in [1.165, 1.54) is 0 Å². The highest BCUT2D eigenvalue weighted by Gasteiger charge is 2.43. The molecule has 8 nitrogen and oxygen atoms in total. The molecule has 9 heteroatoms. The van der Waals surface area contributed by atoms with Crippen LogP contribution in [0.4, 0.5) is 11.5 Å². The molecule has 0 saturated heterocycles. The third-order valence-corrected chi connectivity index (χ3v) is 5.35. The molecule has 0 saturated carbocycles. The zero-order chi connectivity index (χ0) is 23.5. The molecule has 0 fully saturated rings. The summed E-state index contributed by atoms with van der Waals surface area (Å²) in [5.74, 6) is -0.526. The second-order valence-corrected chi connectivity index (χ2v) is 7.83. The van der Waals surface area contributed by atoms with Crippen LogP contribution in [0.2, 0.25) is 5.15 Å². The Morgan fingerprint density at radius 3 is 2.27 bits per heavy atom. The van der Waals surface area contributed by atoms with Gasteiger partial charge >= 0.3 is 5.97 Å². The summed E-state index contributed by atoms with van der Waals surface area (Å²) < 4.78 is 5.19. The zero-order valence-electron chi connectivity index (χ0n) is 18.0. The molecule has 0 bridgehead atoms. The molecule has 1 aromatic heterocycles. The van der Waals surface area contributed by atoms with Gasteiger partial charge in [-0.1, -0.05) is 35.9 Å². The number of benzene rings is 2. The van der Waals surface area contributed by atoms with Crippen molar-refractivity contribution in [1.82, 2.24) is 14.9 Å². The van der Waals surface area contributed by atoms with Gasteiger partial charge in [-0.05, 0) is 43.7 Å². The van der Waals surface area contributed by atoms with Gasteiger partial charge in [0.25, 0.3) is 11.8 Å². The van der Waals surface area contributed by atoms with Gasteiger partial charge in [-0.15, -0.1) is 0 Å². The van der Waals surface area contributed by atoms with Crippen LogP contribution >= 0.6 is 11.6 Å². The first-order valence-corrected chi connectivity index (χ1v) is 10.8. The lowest BCUT2D eigenvalue weighted by molar-refractivity contribution is -0.147. The second kappa shape index (κ2) is 9.38. The molecule has 1 N–H and O–H groups in total. The number of carbonyl (C=O) groups excluding carboxylic acids is 3. The van der Waals surface area contributed by atoms with Crippen molar-refractivity contribution in [2.75, 3.05) is 11.9 Å². The molecular weight excluding hydrogens is 444 g/mol. The summed E-state index contributed by atoms with van der Waals surface area (Å²) in [7, 11) is 0. The molecule has 1 aliphatic rings. The Morgan fingerprint density at radius 2 is 1.70 bits per heavy atom. The molecule has 3 aromatic rings. The lowest BCUT2D eigenvalue weighted by atomic mass is 10.0. The van der Waals surface area contributed by atoms with E-state index in [1.807, 2.05) is 24.3 Å². The molecule has 2 heterocycles. The Kier molecular flexibility index (Phi) is 6.37. The number of halogens is 1. The lowest BCUT2D eigenvalue weighted by Gasteiger charge is -2.24. The normalized spacial score (nSPS) is 13.6. The van der Waals surface area contributed by atoms with E-state index in [1.54, 1.807) is 44.2 Å². The van der Waals surface area contributed by atoms with Crippen LogP contribution in [0, 0.1) is 6.92 Å². The Bertz CT molecular complexity index is 1170. The Hall–Kier alpha value is -3.78. The van der Waals surface area contributed by atoms with E-state index in [0.29, 0.717) is 16.8 Å². The molecule has 1 unspecified atom stereocenters.